The SMILES string of the molecule is COc1ccc2ccccc2c1CNCCSCCCO. The van der Waals surface area contributed by atoms with Crippen LogP contribution >= 0.6 is 11.8 Å². The summed E-state index contributed by atoms with van der Waals surface area (Å²) in [6.45, 7) is 2.06. The average Bonchev–Trinajstić information content (AvgIpc) is 2.54. The summed E-state index contributed by atoms with van der Waals surface area (Å²) in [4.78, 5) is 0. The van der Waals surface area contributed by atoms with E-state index in [9.17, 15) is 0 Å². The highest BCUT2D eigenvalue weighted by molar-refractivity contribution is 7.99. The second-order valence-electron chi connectivity index (χ2n) is 4.83. The summed E-state index contributed by atoms with van der Waals surface area (Å²) in [7, 11) is 1.72. The van der Waals surface area contributed by atoms with Crippen molar-refractivity contribution in [3.05, 3.63) is 42.0 Å². The summed E-state index contributed by atoms with van der Waals surface area (Å²) < 4.78 is 5.49. The van der Waals surface area contributed by atoms with Crippen LogP contribution in [0.1, 0.15) is 12.0 Å². The number of nitrogens with one attached hydrogen (secondary N) is 1. The minimum atomic E-state index is 0.285. The van der Waals surface area contributed by atoms with Gasteiger partial charge in [-0.1, -0.05) is 30.3 Å². The molecule has 0 saturated heterocycles. The maximum absolute atomic E-state index is 8.73. The second-order valence-corrected chi connectivity index (χ2v) is 6.06. The standard InChI is InChI=1S/C17H23NO2S/c1-20-17-8-7-14-5-2-3-6-15(14)16(17)13-18-9-12-21-11-4-10-19/h2-3,5-8,18-19H,4,9-13H2,1H3. The smallest absolute Gasteiger partial charge is 0.123 e. The molecule has 0 saturated carbocycles. The molecule has 0 aromatic heterocycles. The Balaban J connectivity index is 1.94. The van der Waals surface area contributed by atoms with Crippen LogP contribution in [0.3, 0.4) is 0 Å². The van der Waals surface area contributed by atoms with Crippen LogP contribution in [0, 0.1) is 0 Å². The Labute approximate surface area is 130 Å². The van der Waals surface area contributed by atoms with Crippen molar-refractivity contribution in [3.8, 4) is 5.75 Å². The molecule has 21 heavy (non-hydrogen) atoms. The molecule has 2 aromatic carbocycles. The van der Waals surface area contributed by atoms with Crippen molar-refractivity contribution < 1.29 is 9.84 Å². The number of aliphatic hydroxyl groups excluding tert-OH is 1. The lowest BCUT2D eigenvalue weighted by Crippen LogP contribution is -2.17. The summed E-state index contributed by atoms with van der Waals surface area (Å²) >= 11 is 1.87. The van der Waals surface area contributed by atoms with Gasteiger partial charge in [-0.2, -0.15) is 11.8 Å². The predicted molar refractivity (Wildman–Crippen MR) is 91.2 cm³/mol. The van der Waals surface area contributed by atoms with Crippen molar-refractivity contribution in [1.82, 2.24) is 5.32 Å². The van der Waals surface area contributed by atoms with Crippen molar-refractivity contribution in [1.29, 1.82) is 0 Å². The third-order valence-corrected chi connectivity index (χ3v) is 4.46. The Morgan fingerprint density at radius 3 is 2.81 bits per heavy atom. The highest BCUT2D eigenvalue weighted by Gasteiger charge is 2.07. The van der Waals surface area contributed by atoms with E-state index in [0.29, 0.717) is 0 Å². The maximum Gasteiger partial charge on any atom is 0.123 e. The molecule has 0 heterocycles. The molecule has 0 atom stereocenters. The topological polar surface area (TPSA) is 41.5 Å². The minimum absolute atomic E-state index is 0.285. The van der Waals surface area contributed by atoms with E-state index in [-0.39, 0.29) is 6.61 Å². The fraction of sp³-hybridized carbons (Fsp3) is 0.412. The highest BCUT2D eigenvalue weighted by atomic mass is 32.2. The Hall–Kier alpha value is -1.23. The second kappa shape index (κ2) is 8.93. The van der Waals surface area contributed by atoms with E-state index in [0.717, 1.165) is 36.8 Å². The Morgan fingerprint density at radius 2 is 2.00 bits per heavy atom. The molecule has 0 amide bonds. The predicted octanol–water partition coefficient (Wildman–Crippen LogP) is 3.05. The first-order valence-corrected chi connectivity index (χ1v) is 8.46. The molecule has 2 N–H and O–H groups in total. The van der Waals surface area contributed by atoms with Gasteiger partial charge >= 0.3 is 0 Å². The first kappa shape index (κ1) is 16.1. The van der Waals surface area contributed by atoms with Gasteiger partial charge in [0.05, 0.1) is 7.11 Å². The first-order chi connectivity index (χ1) is 10.4. The fourth-order valence-electron chi connectivity index (χ4n) is 2.32. The van der Waals surface area contributed by atoms with Crippen LogP contribution in [0.15, 0.2) is 36.4 Å². The van der Waals surface area contributed by atoms with Gasteiger partial charge in [0.1, 0.15) is 5.75 Å². The van der Waals surface area contributed by atoms with Crippen molar-refractivity contribution in [2.24, 2.45) is 0 Å². The molecule has 0 unspecified atom stereocenters. The zero-order valence-corrected chi connectivity index (χ0v) is 13.3. The molecule has 4 heteroatoms. The van der Waals surface area contributed by atoms with Crippen molar-refractivity contribution in [2.45, 2.75) is 13.0 Å². The zero-order chi connectivity index (χ0) is 14.9. The van der Waals surface area contributed by atoms with Crippen molar-refractivity contribution >= 4 is 22.5 Å². The van der Waals surface area contributed by atoms with E-state index in [2.05, 4.69) is 35.6 Å². The van der Waals surface area contributed by atoms with Crippen LogP contribution in [0.4, 0.5) is 0 Å². The van der Waals surface area contributed by atoms with Gasteiger partial charge in [0.25, 0.3) is 0 Å². The van der Waals surface area contributed by atoms with Crippen LogP contribution in [-0.4, -0.2) is 36.9 Å². The van der Waals surface area contributed by atoms with Gasteiger partial charge in [-0.05, 0) is 29.0 Å². The van der Waals surface area contributed by atoms with Crippen molar-refractivity contribution in [2.75, 3.05) is 31.8 Å². The molecule has 114 valence electrons. The summed E-state index contributed by atoms with van der Waals surface area (Å²) in [5, 5.41) is 14.7. The molecule has 2 aromatic rings. The molecular formula is C17H23NO2S. The number of ether oxygens (including phenoxy) is 1. The van der Waals surface area contributed by atoms with E-state index in [1.165, 1.54) is 16.3 Å². The van der Waals surface area contributed by atoms with E-state index in [1.807, 2.05) is 17.8 Å². The van der Waals surface area contributed by atoms with Crippen LogP contribution < -0.4 is 10.1 Å². The third-order valence-electron chi connectivity index (χ3n) is 3.39. The van der Waals surface area contributed by atoms with Gasteiger partial charge < -0.3 is 15.2 Å². The highest BCUT2D eigenvalue weighted by Crippen LogP contribution is 2.27. The number of methoxy groups -OCH3 is 1. The van der Waals surface area contributed by atoms with Gasteiger partial charge in [-0.3, -0.25) is 0 Å². The van der Waals surface area contributed by atoms with E-state index < -0.39 is 0 Å². The number of hydrogen-bond donors (Lipinski definition) is 2. The van der Waals surface area contributed by atoms with Crippen LogP contribution in [0.2, 0.25) is 0 Å². The molecule has 0 aliphatic rings. The van der Waals surface area contributed by atoms with Crippen LogP contribution in [0.5, 0.6) is 5.75 Å². The molecule has 0 spiro atoms. The average molecular weight is 305 g/mol. The van der Waals surface area contributed by atoms with E-state index in [4.69, 9.17) is 9.84 Å². The van der Waals surface area contributed by atoms with Crippen molar-refractivity contribution in [3.63, 3.8) is 0 Å². The van der Waals surface area contributed by atoms with Gasteiger partial charge in [-0.25, -0.2) is 0 Å². The van der Waals surface area contributed by atoms with E-state index >= 15 is 0 Å². The maximum atomic E-state index is 8.73. The lowest BCUT2D eigenvalue weighted by atomic mass is 10.0. The summed E-state index contributed by atoms with van der Waals surface area (Å²) in [6.07, 6.45) is 0.877. The number of aliphatic hydroxyl groups is 1. The van der Waals surface area contributed by atoms with Crippen LogP contribution in [0.25, 0.3) is 10.8 Å². The number of hydrogen-bond acceptors (Lipinski definition) is 4. The third kappa shape index (κ3) is 4.63. The molecular weight excluding hydrogens is 282 g/mol. The minimum Gasteiger partial charge on any atom is -0.496 e. The molecule has 0 aliphatic carbocycles. The van der Waals surface area contributed by atoms with Gasteiger partial charge in [0.15, 0.2) is 0 Å². The Bertz CT molecular complexity index is 559. The normalized spacial score (nSPS) is 11.0. The largest absolute Gasteiger partial charge is 0.496 e. The quantitative estimate of drug-likeness (QED) is 0.699. The lowest BCUT2D eigenvalue weighted by molar-refractivity contribution is 0.296. The Kier molecular flexibility index (Phi) is 6.86. The molecule has 2 rings (SSSR count). The summed E-state index contributed by atoms with van der Waals surface area (Å²) in [5.41, 5.74) is 1.22. The summed E-state index contributed by atoms with van der Waals surface area (Å²) in [6, 6.07) is 12.5. The molecule has 0 aliphatic heterocycles. The molecule has 3 nitrogen and oxygen atoms in total. The van der Waals surface area contributed by atoms with Gasteiger partial charge in [0, 0.05) is 31.0 Å². The monoisotopic (exact) mass is 305 g/mol. The Morgan fingerprint density at radius 1 is 1.14 bits per heavy atom. The molecule has 0 radical (unpaired) electrons. The number of rotatable bonds is 9. The first-order valence-electron chi connectivity index (χ1n) is 7.30. The molecule has 0 bridgehead atoms. The number of thioether (sulfide) groups is 1. The zero-order valence-electron chi connectivity index (χ0n) is 12.5. The van der Waals surface area contributed by atoms with Gasteiger partial charge in [0.2, 0.25) is 0 Å². The lowest BCUT2D eigenvalue weighted by Gasteiger charge is -2.13. The number of benzene rings is 2. The fourth-order valence-corrected chi connectivity index (χ4v) is 3.14. The summed E-state index contributed by atoms with van der Waals surface area (Å²) in [5.74, 6) is 3.03. The van der Waals surface area contributed by atoms with E-state index in [1.54, 1.807) is 7.11 Å². The molecule has 0 fully saturated rings. The van der Waals surface area contributed by atoms with Crippen LogP contribution in [-0.2, 0) is 6.54 Å². The number of fused-ring (bicyclic) bond motifs is 1. The van der Waals surface area contributed by atoms with Gasteiger partial charge in [-0.15, -0.1) is 0 Å².